The van der Waals surface area contributed by atoms with Gasteiger partial charge in [-0.25, -0.2) is 4.39 Å². The van der Waals surface area contributed by atoms with Crippen molar-refractivity contribution in [3.63, 3.8) is 0 Å². The Kier molecular flexibility index (Phi) is 5.59. The quantitative estimate of drug-likeness (QED) is 0.847. The molecule has 4 heteroatoms. The average molecular weight is 295 g/mol. The highest BCUT2D eigenvalue weighted by Crippen LogP contribution is 2.35. The predicted molar refractivity (Wildman–Crippen MR) is 81.9 cm³/mol. The van der Waals surface area contributed by atoms with E-state index in [2.05, 4.69) is 19.2 Å². The number of hydrogen-bond acceptors (Lipinski definition) is 3. The number of benzene rings is 1. The first-order chi connectivity index (χ1) is 9.99. The second-order valence-electron chi connectivity index (χ2n) is 6.59. The molecule has 1 saturated carbocycles. The van der Waals surface area contributed by atoms with Crippen molar-refractivity contribution < 1.29 is 14.2 Å². The summed E-state index contributed by atoms with van der Waals surface area (Å²) in [5, 5.41) is 13.4. The SMILES string of the molecule is CC1(C)CCCCC1NCC(O)COc1ccccc1F. The van der Waals surface area contributed by atoms with E-state index < -0.39 is 11.9 Å². The number of aliphatic hydroxyl groups is 1. The molecule has 1 aliphatic rings. The maximum atomic E-state index is 13.4. The van der Waals surface area contributed by atoms with Gasteiger partial charge >= 0.3 is 0 Å². The number of aliphatic hydroxyl groups excluding tert-OH is 1. The van der Waals surface area contributed by atoms with Gasteiger partial charge in [0.05, 0.1) is 0 Å². The van der Waals surface area contributed by atoms with Crippen molar-refractivity contribution in [1.82, 2.24) is 5.32 Å². The van der Waals surface area contributed by atoms with Gasteiger partial charge < -0.3 is 15.2 Å². The predicted octanol–water partition coefficient (Wildman–Crippen LogP) is 3.12. The van der Waals surface area contributed by atoms with E-state index >= 15 is 0 Å². The summed E-state index contributed by atoms with van der Waals surface area (Å²) in [4.78, 5) is 0. The fourth-order valence-electron chi connectivity index (χ4n) is 2.96. The van der Waals surface area contributed by atoms with Gasteiger partial charge in [0.25, 0.3) is 0 Å². The van der Waals surface area contributed by atoms with Crippen LogP contribution in [0.4, 0.5) is 4.39 Å². The number of rotatable bonds is 6. The van der Waals surface area contributed by atoms with Crippen LogP contribution in [0.25, 0.3) is 0 Å². The van der Waals surface area contributed by atoms with E-state index in [0.717, 1.165) is 6.42 Å². The van der Waals surface area contributed by atoms with E-state index in [1.54, 1.807) is 18.2 Å². The Morgan fingerprint density at radius 3 is 2.86 bits per heavy atom. The minimum Gasteiger partial charge on any atom is -0.488 e. The number of para-hydroxylation sites is 1. The fourth-order valence-corrected chi connectivity index (χ4v) is 2.96. The third kappa shape index (κ3) is 4.68. The van der Waals surface area contributed by atoms with Crippen molar-refractivity contribution in [3.8, 4) is 5.75 Å². The average Bonchev–Trinajstić information content (AvgIpc) is 2.45. The van der Waals surface area contributed by atoms with E-state index in [4.69, 9.17) is 4.74 Å². The molecule has 1 fully saturated rings. The molecule has 3 nitrogen and oxygen atoms in total. The summed E-state index contributed by atoms with van der Waals surface area (Å²) >= 11 is 0. The summed E-state index contributed by atoms with van der Waals surface area (Å²) in [6.45, 7) is 5.11. The summed E-state index contributed by atoms with van der Waals surface area (Å²) in [5.74, 6) is -0.208. The lowest BCUT2D eigenvalue weighted by atomic mass is 9.73. The summed E-state index contributed by atoms with van der Waals surface area (Å²) in [7, 11) is 0. The van der Waals surface area contributed by atoms with Gasteiger partial charge in [0.1, 0.15) is 12.7 Å². The Morgan fingerprint density at radius 2 is 2.14 bits per heavy atom. The Hall–Kier alpha value is -1.13. The standard InChI is InChI=1S/C17H26FNO2/c1-17(2)10-6-5-9-16(17)19-11-13(20)12-21-15-8-4-3-7-14(15)18/h3-4,7-8,13,16,19-20H,5-6,9-12H2,1-2H3. The van der Waals surface area contributed by atoms with E-state index in [1.165, 1.54) is 25.3 Å². The van der Waals surface area contributed by atoms with Crippen molar-refractivity contribution in [1.29, 1.82) is 0 Å². The van der Waals surface area contributed by atoms with Crippen LogP contribution in [-0.2, 0) is 0 Å². The largest absolute Gasteiger partial charge is 0.488 e. The first-order valence-electron chi connectivity index (χ1n) is 7.78. The topological polar surface area (TPSA) is 41.5 Å². The minimum atomic E-state index is -0.637. The van der Waals surface area contributed by atoms with E-state index in [9.17, 15) is 9.50 Å². The highest BCUT2D eigenvalue weighted by Gasteiger charge is 2.31. The third-order valence-corrected chi connectivity index (χ3v) is 4.37. The third-order valence-electron chi connectivity index (χ3n) is 4.37. The van der Waals surface area contributed by atoms with Crippen LogP contribution in [0.1, 0.15) is 39.5 Å². The summed E-state index contributed by atoms with van der Waals surface area (Å²) in [6, 6.07) is 6.68. The molecule has 118 valence electrons. The molecule has 0 spiro atoms. The number of halogens is 1. The van der Waals surface area contributed by atoms with Crippen LogP contribution < -0.4 is 10.1 Å². The van der Waals surface area contributed by atoms with E-state index in [1.807, 2.05) is 0 Å². The second-order valence-corrected chi connectivity index (χ2v) is 6.59. The molecule has 0 saturated heterocycles. The zero-order valence-electron chi connectivity index (χ0n) is 12.9. The van der Waals surface area contributed by atoms with Crippen LogP contribution in [0.5, 0.6) is 5.75 Å². The molecule has 2 rings (SSSR count). The van der Waals surface area contributed by atoms with Crippen LogP contribution in [0.3, 0.4) is 0 Å². The zero-order valence-corrected chi connectivity index (χ0v) is 12.9. The molecule has 0 aromatic heterocycles. The normalized spacial score (nSPS) is 22.8. The first-order valence-corrected chi connectivity index (χ1v) is 7.78. The number of ether oxygens (including phenoxy) is 1. The molecule has 21 heavy (non-hydrogen) atoms. The van der Waals surface area contributed by atoms with E-state index in [-0.39, 0.29) is 17.8 Å². The molecule has 1 aromatic rings. The monoisotopic (exact) mass is 295 g/mol. The molecular weight excluding hydrogens is 269 g/mol. The molecular formula is C17H26FNO2. The molecule has 0 aliphatic heterocycles. The van der Waals surface area contributed by atoms with Gasteiger partial charge in [-0.1, -0.05) is 38.8 Å². The van der Waals surface area contributed by atoms with Gasteiger partial charge in [-0.2, -0.15) is 0 Å². The summed E-state index contributed by atoms with van der Waals surface area (Å²) < 4.78 is 18.7. The Balaban J connectivity index is 1.75. The Labute approximate surface area is 126 Å². The van der Waals surface area contributed by atoms with Gasteiger partial charge in [-0.05, 0) is 30.4 Å². The molecule has 2 N–H and O–H groups in total. The van der Waals surface area contributed by atoms with Gasteiger partial charge in [-0.15, -0.1) is 0 Å². The van der Waals surface area contributed by atoms with Crippen molar-refractivity contribution in [2.45, 2.75) is 51.7 Å². The fraction of sp³-hybridized carbons (Fsp3) is 0.647. The summed E-state index contributed by atoms with van der Waals surface area (Å²) in [5.41, 5.74) is 0.268. The number of hydrogen-bond donors (Lipinski definition) is 2. The maximum Gasteiger partial charge on any atom is 0.165 e. The highest BCUT2D eigenvalue weighted by atomic mass is 19.1. The van der Waals surface area contributed by atoms with Gasteiger partial charge in [-0.3, -0.25) is 0 Å². The van der Waals surface area contributed by atoms with Crippen molar-refractivity contribution in [2.24, 2.45) is 5.41 Å². The minimum absolute atomic E-state index is 0.0983. The molecule has 1 aliphatic carbocycles. The Bertz CT molecular complexity index is 450. The first kappa shape index (κ1) is 16.2. The molecule has 0 bridgehead atoms. The van der Waals surface area contributed by atoms with Gasteiger partial charge in [0, 0.05) is 12.6 Å². The number of nitrogens with one attached hydrogen (secondary N) is 1. The molecule has 2 unspecified atom stereocenters. The highest BCUT2D eigenvalue weighted by molar-refractivity contribution is 5.23. The second kappa shape index (κ2) is 7.23. The van der Waals surface area contributed by atoms with Crippen molar-refractivity contribution >= 4 is 0 Å². The lowest BCUT2D eigenvalue weighted by Crippen LogP contribution is -2.47. The smallest absolute Gasteiger partial charge is 0.165 e. The van der Waals surface area contributed by atoms with Gasteiger partial charge in [0.2, 0.25) is 0 Å². The summed E-state index contributed by atoms with van der Waals surface area (Å²) in [6.07, 6.45) is 4.25. The lowest BCUT2D eigenvalue weighted by molar-refractivity contribution is 0.0863. The van der Waals surface area contributed by atoms with Crippen molar-refractivity contribution in [3.05, 3.63) is 30.1 Å². The zero-order chi connectivity index (χ0) is 15.3. The molecule has 0 radical (unpaired) electrons. The van der Waals surface area contributed by atoms with Crippen LogP contribution in [0, 0.1) is 11.2 Å². The van der Waals surface area contributed by atoms with Crippen LogP contribution in [-0.4, -0.2) is 30.4 Å². The van der Waals surface area contributed by atoms with Crippen LogP contribution in [0.15, 0.2) is 24.3 Å². The molecule has 1 aromatic carbocycles. The maximum absolute atomic E-state index is 13.4. The lowest BCUT2D eigenvalue weighted by Gasteiger charge is -2.39. The van der Waals surface area contributed by atoms with E-state index in [0.29, 0.717) is 12.6 Å². The molecule has 0 heterocycles. The molecule has 2 atom stereocenters. The molecule has 0 amide bonds. The van der Waals surface area contributed by atoms with Crippen LogP contribution in [0.2, 0.25) is 0 Å². The Morgan fingerprint density at radius 1 is 1.38 bits per heavy atom. The van der Waals surface area contributed by atoms with Gasteiger partial charge in [0.15, 0.2) is 11.6 Å². The van der Waals surface area contributed by atoms with Crippen LogP contribution >= 0.6 is 0 Å². The van der Waals surface area contributed by atoms with Crippen molar-refractivity contribution in [2.75, 3.05) is 13.2 Å².